The highest BCUT2D eigenvalue weighted by atomic mass is 14.8. The maximum atomic E-state index is 3.58. The molecule has 116 valence electrons. The Kier molecular flexibility index (Phi) is 14.9. The molecule has 1 aromatic rings. The molecule has 0 aliphatic heterocycles. The molecule has 0 saturated carbocycles. The van der Waals surface area contributed by atoms with Gasteiger partial charge < -0.3 is 5.32 Å². The predicted octanol–water partition coefficient (Wildman–Crippen LogP) is 5.82. The van der Waals surface area contributed by atoms with Crippen molar-refractivity contribution in [2.24, 2.45) is 5.41 Å². The van der Waals surface area contributed by atoms with Gasteiger partial charge in [-0.05, 0) is 23.6 Å². The minimum atomic E-state index is 0.542. The average molecular weight is 277 g/mol. The van der Waals surface area contributed by atoms with Crippen molar-refractivity contribution >= 4 is 0 Å². The van der Waals surface area contributed by atoms with Crippen molar-refractivity contribution in [1.82, 2.24) is 5.32 Å². The number of benzene rings is 1. The van der Waals surface area contributed by atoms with Gasteiger partial charge in [0.05, 0.1) is 0 Å². The van der Waals surface area contributed by atoms with Crippen LogP contribution in [0, 0.1) is 5.41 Å². The summed E-state index contributed by atoms with van der Waals surface area (Å²) in [5.74, 6) is 0. The van der Waals surface area contributed by atoms with Crippen molar-refractivity contribution in [3.05, 3.63) is 48.7 Å². The van der Waals surface area contributed by atoms with E-state index in [-0.39, 0.29) is 0 Å². The molecule has 1 rings (SSSR count). The summed E-state index contributed by atoms with van der Waals surface area (Å²) in [7, 11) is 0. The molecule has 0 amide bonds. The van der Waals surface area contributed by atoms with Crippen LogP contribution in [0.3, 0.4) is 0 Å². The molecule has 0 fully saturated rings. The van der Waals surface area contributed by atoms with Crippen LogP contribution in [-0.2, 0) is 6.42 Å². The fourth-order valence-corrected chi connectivity index (χ4v) is 0.963. The molecule has 0 saturated heterocycles. The zero-order valence-electron chi connectivity index (χ0n) is 14.5. The molecule has 1 aromatic carbocycles. The van der Waals surface area contributed by atoms with Crippen molar-refractivity contribution in [2.75, 3.05) is 6.54 Å². The third-order valence-corrected chi connectivity index (χ3v) is 2.61. The molecule has 20 heavy (non-hydrogen) atoms. The lowest BCUT2D eigenvalue weighted by molar-refractivity contribution is 0.398. The summed E-state index contributed by atoms with van der Waals surface area (Å²) in [6.07, 6.45) is 5.31. The Balaban J connectivity index is 0. The Hall–Kier alpha value is -1.24. The van der Waals surface area contributed by atoms with Crippen LogP contribution < -0.4 is 5.32 Å². The molecule has 1 heteroatoms. The normalized spacial score (nSPS) is 9.50. The summed E-state index contributed by atoms with van der Waals surface area (Å²) in [5.41, 5.74) is 1.90. The number of nitrogens with one attached hydrogen (secondary N) is 1. The molecule has 0 aromatic heterocycles. The largest absolute Gasteiger partial charge is 0.391 e. The second-order valence-electron chi connectivity index (χ2n) is 6.02. The van der Waals surface area contributed by atoms with E-state index in [1.807, 2.05) is 6.07 Å². The molecule has 0 atom stereocenters. The monoisotopic (exact) mass is 277 g/mol. The Labute approximate surface area is 127 Å². The molecule has 0 bridgehead atoms. The lowest BCUT2D eigenvalue weighted by Crippen LogP contribution is -2.08. The van der Waals surface area contributed by atoms with Crippen LogP contribution in [-0.4, -0.2) is 6.54 Å². The van der Waals surface area contributed by atoms with E-state index in [9.17, 15) is 0 Å². The number of hydrogen-bond acceptors (Lipinski definition) is 1. The minimum absolute atomic E-state index is 0.542. The van der Waals surface area contributed by atoms with Crippen molar-refractivity contribution in [2.45, 2.75) is 60.8 Å². The molecule has 0 aliphatic carbocycles. The molecule has 0 heterocycles. The van der Waals surface area contributed by atoms with Gasteiger partial charge in [0, 0.05) is 6.54 Å². The van der Waals surface area contributed by atoms with Crippen LogP contribution >= 0.6 is 0 Å². The highest BCUT2D eigenvalue weighted by molar-refractivity contribution is 5.14. The van der Waals surface area contributed by atoms with Gasteiger partial charge in [-0.15, -0.1) is 0 Å². The lowest BCUT2D eigenvalue weighted by atomic mass is 9.94. The maximum Gasteiger partial charge on any atom is 0.0181 e. The van der Waals surface area contributed by atoms with Gasteiger partial charge in [-0.2, -0.15) is 0 Å². The van der Waals surface area contributed by atoms with E-state index in [1.54, 1.807) is 6.20 Å². The molecule has 0 radical (unpaired) electrons. The van der Waals surface area contributed by atoms with Gasteiger partial charge in [-0.1, -0.05) is 91.3 Å². The Morgan fingerprint density at radius 3 is 1.85 bits per heavy atom. The number of hydrogen-bond donors (Lipinski definition) is 1. The highest BCUT2D eigenvalue weighted by Crippen LogP contribution is 2.16. The lowest BCUT2D eigenvalue weighted by Gasteiger charge is -2.12. The third-order valence-electron chi connectivity index (χ3n) is 2.61. The van der Waals surface area contributed by atoms with Crippen molar-refractivity contribution in [1.29, 1.82) is 0 Å². The summed E-state index contributed by atoms with van der Waals surface area (Å²) in [5, 5.41) is 3.06. The van der Waals surface area contributed by atoms with E-state index < -0.39 is 0 Å². The molecule has 0 unspecified atom stereocenters. The Morgan fingerprint density at radius 1 is 1.05 bits per heavy atom. The van der Waals surface area contributed by atoms with E-state index in [0.717, 1.165) is 13.0 Å². The van der Waals surface area contributed by atoms with E-state index in [0.29, 0.717) is 5.41 Å². The van der Waals surface area contributed by atoms with Gasteiger partial charge in [-0.25, -0.2) is 0 Å². The van der Waals surface area contributed by atoms with E-state index in [2.05, 4.69) is 77.7 Å². The first-order chi connectivity index (χ1) is 9.41. The van der Waals surface area contributed by atoms with Crippen molar-refractivity contribution in [3.8, 4) is 0 Å². The van der Waals surface area contributed by atoms with Crippen LogP contribution in [0.25, 0.3) is 0 Å². The van der Waals surface area contributed by atoms with Crippen LogP contribution in [0.5, 0.6) is 0 Å². The molecule has 1 N–H and O–H groups in total. The van der Waals surface area contributed by atoms with Crippen LogP contribution in [0.2, 0.25) is 0 Å². The fraction of sp³-hybridized carbons (Fsp3) is 0.579. The summed E-state index contributed by atoms with van der Waals surface area (Å²) >= 11 is 0. The van der Waals surface area contributed by atoms with Gasteiger partial charge in [0.15, 0.2) is 0 Å². The van der Waals surface area contributed by atoms with Crippen LogP contribution in [0.4, 0.5) is 0 Å². The fourth-order valence-electron chi connectivity index (χ4n) is 0.963. The van der Waals surface area contributed by atoms with Gasteiger partial charge in [0.1, 0.15) is 0 Å². The van der Waals surface area contributed by atoms with Crippen molar-refractivity contribution < 1.29 is 0 Å². The Morgan fingerprint density at radius 2 is 1.50 bits per heavy atom. The van der Waals surface area contributed by atoms with Crippen molar-refractivity contribution in [3.63, 3.8) is 0 Å². The summed E-state index contributed by atoms with van der Waals surface area (Å²) in [6.45, 7) is 17.7. The Bertz CT molecular complexity index is 295. The van der Waals surface area contributed by atoms with Gasteiger partial charge in [0.2, 0.25) is 0 Å². The zero-order chi connectivity index (χ0) is 15.9. The van der Waals surface area contributed by atoms with Gasteiger partial charge >= 0.3 is 0 Å². The second kappa shape index (κ2) is 14.2. The molecule has 0 aliphatic rings. The zero-order valence-corrected chi connectivity index (χ0v) is 14.5. The van der Waals surface area contributed by atoms with E-state index in [1.165, 1.54) is 18.4 Å². The predicted molar refractivity (Wildman–Crippen MR) is 94.1 cm³/mol. The highest BCUT2D eigenvalue weighted by Gasteiger charge is 2.03. The van der Waals surface area contributed by atoms with E-state index in [4.69, 9.17) is 0 Å². The van der Waals surface area contributed by atoms with Crippen LogP contribution in [0.1, 0.15) is 59.9 Å². The number of rotatable bonds is 4. The molecular weight excluding hydrogens is 242 g/mol. The summed E-state index contributed by atoms with van der Waals surface area (Å²) in [4.78, 5) is 0. The smallest absolute Gasteiger partial charge is 0.0181 e. The minimum Gasteiger partial charge on any atom is -0.391 e. The second-order valence-corrected chi connectivity index (χ2v) is 6.02. The summed E-state index contributed by atoms with van der Waals surface area (Å²) < 4.78 is 0. The standard InChI is InChI=1S/C10H13N.C6H14.C3H8/c1-2-11-9-8-10-6-4-3-5-7-10;1-5-6(2,3)4;1-3-2/h2-7,11H,1,8-9H2;5H2,1-4H3;3H2,1-2H3. The quantitative estimate of drug-likeness (QED) is 0.684. The average Bonchev–Trinajstić information content (AvgIpc) is 2.41. The first-order valence-electron chi connectivity index (χ1n) is 7.79. The van der Waals surface area contributed by atoms with Gasteiger partial charge in [0.25, 0.3) is 0 Å². The first kappa shape index (κ1) is 21.1. The third kappa shape index (κ3) is 19.1. The first-order valence-corrected chi connectivity index (χ1v) is 7.79. The summed E-state index contributed by atoms with van der Waals surface area (Å²) in [6, 6.07) is 10.4. The topological polar surface area (TPSA) is 12.0 Å². The van der Waals surface area contributed by atoms with E-state index >= 15 is 0 Å². The molecular formula is C19H35N. The molecule has 1 nitrogen and oxygen atoms in total. The van der Waals surface area contributed by atoms with Gasteiger partial charge in [-0.3, -0.25) is 0 Å². The maximum absolute atomic E-state index is 3.58. The SMILES string of the molecule is C=CNCCc1ccccc1.CCC.CCC(C)(C)C. The van der Waals surface area contributed by atoms with Crippen LogP contribution in [0.15, 0.2) is 43.1 Å². The molecule has 0 spiro atoms.